The first-order chi connectivity index (χ1) is 8.69. The molecule has 5 heteroatoms. The monoisotopic (exact) mass is 286 g/mol. The molecule has 106 valence electrons. The fraction of sp³-hybridized carbons (Fsp3) is 0.357. The highest BCUT2D eigenvalue weighted by Crippen LogP contribution is 2.10. The zero-order chi connectivity index (χ0) is 13.4. The molecule has 0 aromatic heterocycles. The number of rotatable bonds is 7. The van der Waals surface area contributed by atoms with Crippen LogP contribution in [-0.4, -0.2) is 30.9 Å². The Hall–Kier alpha value is -1.39. The van der Waals surface area contributed by atoms with E-state index in [4.69, 9.17) is 0 Å². The van der Waals surface area contributed by atoms with Crippen molar-refractivity contribution in [2.45, 2.75) is 13.0 Å². The Morgan fingerprint density at radius 3 is 2.74 bits per heavy atom. The first-order valence-electron chi connectivity index (χ1n) is 5.95. The van der Waals surface area contributed by atoms with Gasteiger partial charge >= 0.3 is 0 Å². The molecule has 1 aromatic carbocycles. The maximum absolute atomic E-state index is 13.5. The molecule has 1 rings (SSSR count). The van der Waals surface area contributed by atoms with Crippen molar-refractivity contribution in [2.24, 2.45) is 0 Å². The van der Waals surface area contributed by atoms with Crippen molar-refractivity contribution in [1.29, 1.82) is 0 Å². The van der Waals surface area contributed by atoms with E-state index >= 15 is 0 Å². The van der Waals surface area contributed by atoms with E-state index in [0.717, 1.165) is 0 Å². The summed E-state index contributed by atoms with van der Waals surface area (Å²) in [6.45, 7) is 4.95. The molecule has 0 unspecified atom stereocenters. The van der Waals surface area contributed by atoms with Crippen molar-refractivity contribution in [2.75, 3.05) is 20.1 Å². The van der Waals surface area contributed by atoms with Crippen LogP contribution in [-0.2, 0) is 11.3 Å². The Kier molecular flexibility index (Phi) is 8.83. The van der Waals surface area contributed by atoms with Crippen molar-refractivity contribution < 1.29 is 9.18 Å². The standard InChI is InChI=1S/C14H19FN2O.ClH/c1-3-10-17(14(18)8-9-16-2)11-12-6-4-5-7-13(12)15;/h3-7,16H,1,8-11H2,2H3;1H. The van der Waals surface area contributed by atoms with E-state index in [9.17, 15) is 9.18 Å². The van der Waals surface area contributed by atoms with Crippen LogP contribution in [0.15, 0.2) is 36.9 Å². The Bertz CT molecular complexity index is 412. The lowest BCUT2D eigenvalue weighted by Gasteiger charge is -2.21. The van der Waals surface area contributed by atoms with Crippen LogP contribution in [0.4, 0.5) is 4.39 Å². The van der Waals surface area contributed by atoms with Gasteiger partial charge in [0.25, 0.3) is 0 Å². The summed E-state index contributed by atoms with van der Waals surface area (Å²) in [4.78, 5) is 13.5. The number of nitrogens with zero attached hydrogens (tertiary/aromatic N) is 1. The molecule has 0 heterocycles. The van der Waals surface area contributed by atoms with Gasteiger partial charge in [0.2, 0.25) is 5.91 Å². The second-order valence-corrected chi connectivity index (χ2v) is 4.01. The number of halogens is 2. The minimum atomic E-state index is -0.284. The highest BCUT2D eigenvalue weighted by molar-refractivity contribution is 5.85. The lowest BCUT2D eigenvalue weighted by Crippen LogP contribution is -2.32. The molecule has 0 spiro atoms. The number of carbonyl (C=O) groups excluding carboxylic acids is 1. The summed E-state index contributed by atoms with van der Waals surface area (Å²) in [7, 11) is 1.79. The van der Waals surface area contributed by atoms with E-state index < -0.39 is 0 Å². The quantitative estimate of drug-likeness (QED) is 0.781. The predicted octanol–water partition coefficient (Wildman–Crippen LogP) is 2.37. The first-order valence-corrected chi connectivity index (χ1v) is 5.95. The van der Waals surface area contributed by atoms with Crippen molar-refractivity contribution >= 4 is 18.3 Å². The first kappa shape index (κ1) is 17.6. The van der Waals surface area contributed by atoms with Crippen LogP contribution in [0.5, 0.6) is 0 Å². The highest BCUT2D eigenvalue weighted by Gasteiger charge is 2.13. The summed E-state index contributed by atoms with van der Waals surface area (Å²) >= 11 is 0. The molecule has 1 amide bonds. The van der Waals surface area contributed by atoms with Crippen LogP contribution in [0.25, 0.3) is 0 Å². The summed E-state index contributed by atoms with van der Waals surface area (Å²) in [5, 5.41) is 2.92. The van der Waals surface area contributed by atoms with Crippen molar-refractivity contribution in [3.05, 3.63) is 48.3 Å². The van der Waals surface area contributed by atoms with Gasteiger partial charge in [-0.15, -0.1) is 19.0 Å². The minimum Gasteiger partial charge on any atom is -0.335 e. The largest absolute Gasteiger partial charge is 0.335 e. The molecular weight excluding hydrogens is 267 g/mol. The molecular formula is C14H20ClFN2O. The second-order valence-electron chi connectivity index (χ2n) is 4.01. The molecule has 3 nitrogen and oxygen atoms in total. The van der Waals surface area contributed by atoms with Crippen molar-refractivity contribution in [3.8, 4) is 0 Å². The molecule has 0 saturated heterocycles. The highest BCUT2D eigenvalue weighted by atomic mass is 35.5. The van der Waals surface area contributed by atoms with Gasteiger partial charge in [0.1, 0.15) is 5.82 Å². The molecule has 0 aliphatic heterocycles. The molecule has 1 aromatic rings. The lowest BCUT2D eigenvalue weighted by molar-refractivity contribution is -0.131. The van der Waals surface area contributed by atoms with Gasteiger partial charge in [-0.05, 0) is 13.1 Å². The van der Waals surface area contributed by atoms with Crippen LogP contribution in [0.3, 0.4) is 0 Å². The molecule has 19 heavy (non-hydrogen) atoms. The van der Waals surface area contributed by atoms with Gasteiger partial charge < -0.3 is 10.2 Å². The third-order valence-corrected chi connectivity index (χ3v) is 2.61. The normalized spacial score (nSPS) is 9.58. The molecule has 0 aliphatic rings. The number of carbonyl (C=O) groups is 1. The fourth-order valence-corrected chi connectivity index (χ4v) is 1.63. The number of amides is 1. The zero-order valence-corrected chi connectivity index (χ0v) is 11.9. The zero-order valence-electron chi connectivity index (χ0n) is 11.1. The third-order valence-electron chi connectivity index (χ3n) is 2.61. The van der Waals surface area contributed by atoms with Crippen molar-refractivity contribution in [1.82, 2.24) is 10.2 Å². The topological polar surface area (TPSA) is 32.3 Å². The number of benzene rings is 1. The summed E-state index contributed by atoms with van der Waals surface area (Å²) in [5.41, 5.74) is 0.525. The van der Waals surface area contributed by atoms with Gasteiger partial charge in [0.15, 0.2) is 0 Å². The molecule has 0 bridgehead atoms. The summed E-state index contributed by atoms with van der Waals surface area (Å²) in [5.74, 6) is -0.291. The van der Waals surface area contributed by atoms with Gasteiger partial charge in [-0.2, -0.15) is 0 Å². The Balaban J connectivity index is 0.00000324. The molecule has 0 atom stereocenters. The average molecular weight is 287 g/mol. The molecule has 0 saturated carbocycles. The number of hydrogen-bond donors (Lipinski definition) is 1. The van der Waals surface area contributed by atoms with Gasteiger partial charge in [-0.25, -0.2) is 4.39 Å². The summed E-state index contributed by atoms with van der Waals surface area (Å²) in [6, 6.07) is 6.50. The van der Waals surface area contributed by atoms with E-state index in [1.54, 1.807) is 36.2 Å². The van der Waals surface area contributed by atoms with E-state index in [0.29, 0.717) is 25.1 Å². The number of hydrogen-bond acceptors (Lipinski definition) is 2. The van der Waals surface area contributed by atoms with Gasteiger partial charge in [-0.1, -0.05) is 24.3 Å². The van der Waals surface area contributed by atoms with Crippen LogP contribution in [0, 0.1) is 5.82 Å². The maximum Gasteiger partial charge on any atom is 0.224 e. The molecule has 1 N–H and O–H groups in total. The fourth-order valence-electron chi connectivity index (χ4n) is 1.63. The predicted molar refractivity (Wildman–Crippen MR) is 77.8 cm³/mol. The lowest BCUT2D eigenvalue weighted by atomic mass is 10.2. The van der Waals surface area contributed by atoms with Crippen LogP contribution in [0.2, 0.25) is 0 Å². The Labute approximate surface area is 119 Å². The van der Waals surface area contributed by atoms with Gasteiger partial charge in [0, 0.05) is 31.6 Å². The molecule has 0 aliphatic carbocycles. The minimum absolute atomic E-state index is 0. The van der Waals surface area contributed by atoms with Gasteiger partial charge in [-0.3, -0.25) is 4.79 Å². The SMILES string of the molecule is C=CCN(Cc1ccccc1F)C(=O)CCNC.Cl. The van der Waals surface area contributed by atoms with E-state index in [1.807, 2.05) is 0 Å². The number of nitrogens with one attached hydrogen (secondary N) is 1. The van der Waals surface area contributed by atoms with Crippen LogP contribution < -0.4 is 5.32 Å². The summed E-state index contributed by atoms with van der Waals surface area (Å²) in [6.07, 6.45) is 2.05. The maximum atomic E-state index is 13.5. The Morgan fingerprint density at radius 1 is 1.47 bits per heavy atom. The van der Waals surface area contributed by atoms with Crippen LogP contribution >= 0.6 is 12.4 Å². The molecule has 0 radical (unpaired) electrons. The summed E-state index contributed by atoms with van der Waals surface area (Å²) < 4.78 is 13.5. The van der Waals surface area contributed by atoms with Gasteiger partial charge in [0.05, 0.1) is 0 Å². The third kappa shape index (κ3) is 5.85. The van der Waals surface area contributed by atoms with Crippen LogP contribution in [0.1, 0.15) is 12.0 Å². The van der Waals surface area contributed by atoms with E-state index in [-0.39, 0.29) is 30.7 Å². The van der Waals surface area contributed by atoms with E-state index in [1.165, 1.54) is 6.07 Å². The smallest absolute Gasteiger partial charge is 0.224 e. The second kappa shape index (κ2) is 9.53. The Morgan fingerprint density at radius 2 is 2.16 bits per heavy atom. The van der Waals surface area contributed by atoms with E-state index in [2.05, 4.69) is 11.9 Å². The average Bonchev–Trinajstić information content (AvgIpc) is 2.38. The van der Waals surface area contributed by atoms with Crippen molar-refractivity contribution in [3.63, 3.8) is 0 Å². The molecule has 0 fully saturated rings.